The summed E-state index contributed by atoms with van der Waals surface area (Å²) in [5.41, 5.74) is -0.972. The number of hydrogen-bond donors (Lipinski definition) is 1. The molecule has 0 amide bonds. The predicted molar refractivity (Wildman–Crippen MR) is 29.0 cm³/mol. The zero-order chi connectivity index (χ0) is 6.20. The molecule has 1 aliphatic rings. The molecule has 2 unspecified atom stereocenters. The summed E-state index contributed by atoms with van der Waals surface area (Å²) in [6, 6.07) is 1.88. The molecule has 0 aliphatic heterocycles. The number of rotatable bonds is 0. The molecule has 0 radical (unpaired) electrons. The Morgan fingerprint density at radius 3 is 2.50 bits per heavy atom. The number of aliphatic hydroxyl groups is 1. The lowest BCUT2D eigenvalue weighted by molar-refractivity contribution is -0.0350. The van der Waals surface area contributed by atoms with Crippen LogP contribution in [0, 0.1) is 17.2 Å². The number of hydrogen-bond acceptors (Lipinski definition) is 2. The molecule has 0 saturated heterocycles. The first kappa shape index (κ1) is 5.58. The van der Waals surface area contributed by atoms with Gasteiger partial charge in [0.2, 0.25) is 0 Å². The number of nitriles is 1. The second-order valence-electron chi connectivity index (χ2n) is 2.48. The summed E-state index contributed by atoms with van der Waals surface area (Å²) < 4.78 is 0. The van der Waals surface area contributed by atoms with Crippen LogP contribution in [0.3, 0.4) is 0 Å². The first-order valence-corrected chi connectivity index (χ1v) is 2.83. The van der Waals surface area contributed by atoms with Gasteiger partial charge >= 0.3 is 0 Å². The minimum absolute atomic E-state index is 0.187. The van der Waals surface area contributed by atoms with Gasteiger partial charge in [0, 0.05) is 0 Å². The monoisotopic (exact) mass is 111 g/mol. The Bertz CT molecular complexity index is 138. The van der Waals surface area contributed by atoms with Gasteiger partial charge in [0.25, 0.3) is 0 Å². The molecule has 8 heavy (non-hydrogen) atoms. The summed E-state index contributed by atoms with van der Waals surface area (Å²) in [6.07, 6.45) is 1.65. The molecule has 1 rings (SSSR count). The highest BCUT2D eigenvalue weighted by Gasteiger charge is 2.42. The third kappa shape index (κ3) is 0.517. The highest BCUT2D eigenvalue weighted by molar-refractivity contribution is 5.09. The van der Waals surface area contributed by atoms with E-state index >= 15 is 0 Å². The van der Waals surface area contributed by atoms with Crippen molar-refractivity contribution in [1.82, 2.24) is 0 Å². The van der Waals surface area contributed by atoms with Crippen LogP contribution in [0.5, 0.6) is 0 Å². The van der Waals surface area contributed by atoms with Crippen molar-refractivity contribution in [3.8, 4) is 6.07 Å². The summed E-state index contributed by atoms with van der Waals surface area (Å²) in [4.78, 5) is 0. The van der Waals surface area contributed by atoms with Crippen LogP contribution in [0.25, 0.3) is 0 Å². The molecular weight excluding hydrogens is 102 g/mol. The van der Waals surface area contributed by atoms with Crippen molar-refractivity contribution in [2.45, 2.75) is 25.4 Å². The summed E-state index contributed by atoms with van der Waals surface area (Å²) in [7, 11) is 0. The Kier molecular flexibility index (Phi) is 1.02. The maximum absolute atomic E-state index is 9.13. The quantitative estimate of drug-likeness (QED) is 0.467. The van der Waals surface area contributed by atoms with Crippen LogP contribution in [0.15, 0.2) is 0 Å². The van der Waals surface area contributed by atoms with E-state index in [4.69, 9.17) is 10.4 Å². The predicted octanol–water partition coefficient (Wildman–Crippen LogP) is 0.671. The SMILES string of the molecule is CC1CCC1(O)C#N. The molecule has 2 atom stereocenters. The standard InChI is InChI=1S/C6H9NO/c1-5-2-3-6(5,8)4-7/h5,8H,2-3H2,1H3. The minimum Gasteiger partial charge on any atom is -0.375 e. The van der Waals surface area contributed by atoms with E-state index in [-0.39, 0.29) is 5.92 Å². The van der Waals surface area contributed by atoms with Gasteiger partial charge in [0.1, 0.15) is 0 Å². The summed E-state index contributed by atoms with van der Waals surface area (Å²) in [6.45, 7) is 1.90. The van der Waals surface area contributed by atoms with E-state index in [9.17, 15) is 0 Å². The van der Waals surface area contributed by atoms with E-state index in [2.05, 4.69) is 0 Å². The molecule has 0 heterocycles. The van der Waals surface area contributed by atoms with E-state index in [1.807, 2.05) is 13.0 Å². The van der Waals surface area contributed by atoms with Gasteiger partial charge in [-0.25, -0.2) is 0 Å². The Morgan fingerprint density at radius 2 is 2.50 bits per heavy atom. The average Bonchev–Trinajstić information content (AvgIpc) is 1.83. The van der Waals surface area contributed by atoms with Crippen LogP contribution in [-0.2, 0) is 0 Å². The first-order valence-electron chi connectivity index (χ1n) is 2.83. The molecule has 0 aromatic heterocycles. The maximum Gasteiger partial charge on any atom is 0.153 e. The van der Waals surface area contributed by atoms with Gasteiger partial charge in [-0.2, -0.15) is 5.26 Å². The summed E-state index contributed by atoms with van der Waals surface area (Å²) in [5.74, 6) is 0.187. The lowest BCUT2D eigenvalue weighted by atomic mass is 9.72. The van der Waals surface area contributed by atoms with Gasteiger partial charge in [-0.1, -0.05) is 6.92 Å². The average molecular weight is 111 g/mol. The van der Waals surface area contributed by atoms with Crippen molar-refractivity contribution in [3.63, 3.8) is 0 Å². The van der Waals surface area contributed by atoms with Crippen LogP contribution >= 0.6 is 0 Å². The van der Waals surface area contributed by atoms with Crippen LogP contribution in [0.2, 0.25) is 0 Å². The Hall–Kier alpha value is -0.550. The third-order valence-corrected chi connectivity index (χ3v) is 1.97. The zero-order valence-corrected chi connectivity index (χ0v) is 4.89. The molecule has 0 spiro atoms. The lowest BCUT2D eigenvalue weighted by Crippen LogP contribution is -2.43. The second kappa shape index (κ2) is 1.46. The van der Waals surface area contributed by atoms with Crippen molar-refractivity contribution in [2.75, 3.05) is 0 Å². The minimum atomic E-state index is -0.972. The van der Waals surface area contributed by atoms with Crippen molar-refractivity contribution in [2.24, 2.45) is 5.92 Å². The number of nitrogens with zero attached hydrogens (tertiary/aromatic N) is 1. The van der Waals surface area contributed by atoms with Gasteiger partial charge in [-0.05, 0) is 18.8 Å². The Labute approximate surface area is 48.7 Å². The van der Waals surface area contributed by atoms with E-state index < -0.39 is 5.60 Å². The van der Waals surface area contributed by atoms with Crippen LogP contribution in [0.1, 0.15) is 19.8 Å². The normalized spacial score (nSPS) is 44.9. The lowest BCUT2D eigenvalue weighted by Gasteiger charge is -2.37. The van der Waals surface area contributed by atoms with E-state index in [1.165, 1.54) is 0 Å². The van der Waals surface area contributed by atoms with Crippen molar-refractivity contribution in [1.29, 1.82) is 5.26 Å². The molecule has 0 aromatic carbocycles. The molecular formula is C6H9NO. The smallest absolute Gasteiger partial charge is 0.153 e. The topological polar surface area (TPSA) is 44.0 Å². The second-order valence-corrected chi connectivity index (χ2v) is 2.48. The van der Waals surface area contributed by atoms with Crippen LogP contribution in [-0.4, -0.2) is 10.7 Å². The molecule has 1 aliphatic carbocycles. The van der Waals surface area contributed by atoms with E-state index in [0.29, 0.717) is 6.42 Å². The largest absolute Gasteiger partial charge is 0.375 e. The highest BCUT2D eigenvalue weighted by atomic mass is 16.3. The Morgan fingerprint density at radius 1 is 1.88 bits per heavy atom. The molecule has 44 valence electrons. The van der Waals surface area contributed by atoms with Crippen LogP contribution in [0.4, 0.5) is 0 Å². The molecule has 0 bridgehead atoms. The maximum atomic E-state index is 9.13. The molecule has 0 aromatic rings. The van der Waals surface area contributed by atoms with Gasteiger partial charge in [0.05, 0.1) is 6.07 Å². The third-order valence-electron chi connectivity index (χ3n) is 1.97. The van der Waals surface area contributed by atoms with E-state index in [0.717, 1.165) is 6.42 Å². The van der Waals surface area contributed by atoms with Crippen molar-refractivity contribution >= 4 is 0 Å². The molecule has 1 saturated carbocycles. The zero-order valence-electron chi connectivity index (χ0n) is 4.89. The van der Waals surface area contributed by atoms with E-state index in [1.54, 1.807) is 0 Å². The fourth-order valence-electron chi connectivity index (χ4n) is 0.873. The summed E-state index contributed by atoms with van der Waals surface area (Å²) in [5, 5.41) is 17.4. The fourth-order valence-corrected chi connectivity index (χ4v) is 0.873. The van der Waals surface area contributed by atoms with Crippen molar-refractivity contribution < 1.29 is 5.11 Å². The highest BCUT2D eigenvalue weighted by Crippen LogP contribution is 2.36. The Balaban J connectivity index is 2.59. The molecule has 2 nitrogen and oxygen atoms in total. The van der Waals surface area contributed by atoms with Crippen molar-refractivity contribution in [3.05, 3.63) is 0 Å². The van der Waals surface area contributed by atoms with Gasteiger partial charge < -0.3 is 5.11 Å². The van der Waals surface area contributed by atoms with Gasteiger partial charge in [-0.15, -0.1) is 0 Å². The fraction of sp³-hybridized carbons (Fsp3) is 0.833. The molecule has 1 fully saturated rings. The molecule has 2 heteroatoms. The van der Waals surface area contributed by atoms with Crippen LogP contribution < -0.4 is 0 Å². The molecule has 1 N–H and O–H groups in total. The van der Waals surface area contributed by atoms with Gasteiger partial charge in [0.15, 0.2) is 5.60 Å². The first-order chi connectivity index (χ1) is 3.69. The summed E-state index contributed by atoms with van der Waals surface area (Å²) >= 11 is 0. The van der Waals surface area contributed by atoms with Gasteiger partial charge in [-0.3, -0.25) is 0 Å².